The summed E-state index contributed by atoms with van der Waals surface area (Å²) >= 11 is 0.951. The quantitative estimate of drug-likeness (QED) is 0.374. The number of hydrogen-bond donors (Lipinski definition) is 1. The number of nitro benzene ring substituents is 1. The third-order valence-electron chi connectivity index (χ3n) is 1.98. The van der Waals surface area contributed by atoms with Crippen LogP contribution in [0.4, 0.5) is 5.69 Å². The normalized spacial score (nSPS) is 9.83. The van der Waals surface area contributed by atoms with Crippen LogP contribution >= 0.6 is 11.8 Å². The van der Waals surface area contributed by atoms with Crippen molar-refractivity contribution >= 4 is 29.4 Å². The van der Waals surface area contributed by atoms with E-state index in [2.05, 4.69) is 4.74 Å². The summed E-state index contributed by atoms with van der Waals surface area (Å²) in [6.45, 7) is 0. The molecule has 1 aromatic rings. The van der Waals surface area contributed by atoms with Gasteiger partial charge in [-0.3, -0.25) is 14.9 Å². The van der Waals surface area contributed by atoms with Gasteiger partial charge >= 0.3 is 11.9 Å². The van der Waals surface area contributed by atoms with Gasteiger partial charge < -0.3 is 9.84 Å². The van der Waals surface area contributed by atoms with E-state index in [0.717, 1.165) is 17.8 Å². The second kappa shape index (κ2) is 6.01. The molecule has 0 unspecified atom stereocenters. The fourth-order valence-electron chi connectivity index (χ4n) is 1.12. The zero-order valence-electron chi connectivity index (χ0n) is 9.28. The maximum absolute atomic E-state index is 11.0. The molecule has 0 aromatic heterocycles. The van der Waals surface area contributed by atoms with Crippen LogP contribution in [-0.2, 0) is 9.53 Å². The summed E-state index contributed by atoms with van der Waals surface area (Å²) in [5.41, 5.74) is -0.520. The number of rotatable bonds is 5. The van der Waals surface area contributed by atoms with Crippen LogP contribution in [0, 0.1) is 10.1 Å². The van der Waals surface area contributed by atoms with Crippen molar-refractivity contribution in [1.82, 2.24) is 0 Å². The lowest BCUT2D eigenvalue weighted by Gasteiger charge is -2.04. The van der Waals surface area contributed by atoms with Gasteiger partial charge in [-0.1, -0.05) is 0 Å². The first-order valence-electron chi connectivity index (χ1n) is 4.67. The lowest BCUT2D eigenvalue weighted by molar-refractivity contribution is -0.384. The molecule has 0 amide bonds. The summed E-state index contributed by atoms with van der Waals surface area (Å²) in [5, 5.41) is 19.5. The number of nitro groups is 1. The molecule has 0 atom stereocenters. The Kier molecular flexibility index (Phi) is 4.67. The summed E-state index contributed by atoms with van der Waals surface area (Å²) in [4.78, 5) is 32.0. The molecule has 0 spiro atoms. The topological polar surface area (TPSA) is 107 Å². The Labute approximate surface area is 106 Å². The Morgan fingerprint density at radius 1 is 1.50 bits per heavy atom. The van der Waals surface area contributed by atoms with Crippen molar-refractivity contribution < 1.29 is 24.4 Å². The molecule has 0 aliphatic carbocycles. The Morgan fingerprint density at radius 2 is 2.17 bits per heavy atom. The Balaban J connectivity index is 3.00. The summed E-state index contributed by atoms with van der Waals surface area (Å²) in [6.07, 6.45) is 0. The Bertz CT molecular complexity index is 501. The Hall–Kier alpha value is -2.09. The molecule has 7 nitrogen and oxygen atoms in total. The number of carbonyl (C=O) groups is 2. The molecular weight excluding hydrogens is 262 g/mol. The summed E-state index contributed by atoms with van der Waals surface area (Å²) in [5.74, 6) is -1.85. The number of nitrogens with zero attached hydrogens (tertiary/aromatic N) is 1. The molecule has 1 aromatic carbocycles. The van der Waals surface area contributed by atoms with Crippen LogP contribution in [0.15, 0.2) is 23.1 Å². The standard InChI is InChI=1S/C10H9NO6S/c1-17-9(12)5-18-8-3-2-6(11(15)16)4-7(8)10(13)14/h2-4H,5H2,1H3,(H,13,14). The highest BCUT2D eigenvalue weighted by molar-refractivity contribution is 8.00. The molecule has 0 aliphatic rings. The van der Waals surface area contributed by atoms with E-state index < -0.39 is 16.9 Å². The molecule has 0 radical (unpaired) electrons. The van der Waals surface area contributed by atoms with Crippen molar-refractivity contribution in [2.75, 3.05) is 12.9 Å². The number of methoxy groups -OCH3 is 1. The van der Waals surface area contributed by atoms with E-state index in [1.807, 2.05) is 0 Å². The number of benzene rings is 1. The van der Waals surface area contributed by atoms with Crippen LogP contribution in [0.3, 0.4) is 0 Å². The first-order valence-corrected chi connectivity index (χ1v) is 5.65. The van der Waals surface area contributed by atoms with Crippen molar-refractivity contribution in [3.05, 3.63) is 33.9 Å². The van der Waals surface area contributed by atoms with E-state index in [9.17, 15) is 19.7 Å². The summed E-state index contributed by atoms with van der Waals surface area (Å²) in [7, 11) is 1.22. The van der Waals surface area contributed by atoms with Gasteiger partial charge in [0.25, 0.3) is 5.69 Å². The lowest BCUT2D eigenvalue weighted by Crippen LogP contribution is -2.05. The van der Waals surface area contributed by atoms with E-state index in [4.69, 9.17) is 5.11 Å². The first kappa shape index (κ1) is 14.0. The van der Waals surface area contributed by atoms with Crippen molar-refractivity contribution in [3.63, 3.8) is 0 Å². The molecule has 96 valence electrons. The van der Waals surface area contributed by atoms with Crippen LogP contribution in [0.1, 0.15) is 10.4 Å². The zero-order valence-corrected chi connectivity index (χ0v) is 10.1. The van der Waals surface area contributed by atoms with E-state index in [1.54, 1.807) is 0 Å². The van der Waals surface area contributed by atoms with Crippen molar-refractivity contribution in [3.8, 4) is 0 Å². The second-order valence-electron chi connectivity index (χ2n) is 3.11. The molecule has 0 bridgehead atoms. The van der Waals surface area contributed by atoms with Gasteiger partial charge in [0.1, 0.15) is 0 Å². The number of carbonyl (C=O) groups excluding carboxylic acids is 1. The zero-order chi connectivity index (χ0) is 13.7. The molecule has 0 heterocycles. The van der Waals surface area contributed by atoms with Gasteiger partial charge in [0, 0.05) is 17.0 Å². The number of hydrogen-bond acceptors (Lipinski definition) is 6. The largest absolute Gasteiger partial charge is 0.478 e. The number of aromatic carboxylic acids is 1. The predicted molar refractivity (Wildman–Crippen MR) is 62.8 cm³/mol. The minimum absolute atomic E-state index is 0.0609. The van der Waals surface area contributed by atoms with Crippen LogP contribution < -0.4 is 0 Å². The smallest absolute Gasteiger partial charge is 0.337 e. The second-order valence-corrected chi connectivity index (χ2v) is 4.12. The average Bonchev–Trinajstić information content (AvgIpc) is 2.35. The highest BCUT2D eigenvalue weighted by Gasteiger charge is 2.17. The fraction of sp³-hybridized carbons (Fsp3) is 0.200. The number of ether oxygens (including phenoxy) is 1. The predicted octanol–water partition coefficient (Wildman–Crippen LogP) is 1.56. The van der Waals surface area contributed by atoms with Gasteiger partial charge in [-0.2, -0.15) is 0 Å². The summed E-state index contributed by atoms with van der Waals surface area (Å²) in [6, 6.07) is 3.45. The maximum atomic E-state index is 11.0. The molecule has 1 rings (SSSR count). The minimum Gasteiger partial charge on any atom is -0.478 e. The monoisotopic (exact) mass is 271 g/mol. The fourth-order valence-corrected chi connectivity index (χ4v) is 1.98. The highest BCUT2D eigenvalue weighted by atomic mass is 32.2. The number of non-ortho nitro benzene ring substituents is 1. The molecule has 0 aliphatic heterocycles. The van der Waals surface area contributed by atoms with Crippen molar-refractivity contribution in [1.29, 1.82) is 0 Å². The maximum Gasteiger partial charge on any atom is 0.337 e. The van der Waals surface area contributed by atoms with Gasteiger partial charge in [-0.15, -0.1) is 11.8 Å². The molecule has 1 N–H and O–H groups in total. The Morgan fingerprint density at radius 3 is 2.67 bits per heavy atom. The summed E-state index contributed by atoms with van der Waals surface area (Å²) < 4.78 is 4.42. The number of carboxylic acid groups (broad SMARTS) is 1. The van der Waals surface area contributed by atoms with Crippen molar-refractivity contribution in [2.24, 2.45) is 0 Å². The highest BCUT2D eigenvalue weighted by Crippen LogP contribution is 2.26. The van der Waals surface area contributed by atoms with Gasteiger partial charge in [-0.05, 0) is 6.07 Å². The molecule has 18 heavy (non-hydrogen) atoms. The van der Waals surface area contributed by atoms with E-state index in [0.29, 0.717) is 0 Å². The van der Waals surface area contributed by atoms with Crippen molar-refractivity contribution in [2.45, 2.75) is 4.90 Å². The SMILES string of the molecule is COC(=O)CSc1ccc([N+](=O)[O-])cc1C(=O)O. The number of carboxylic acids is 1. The molecular formula is C10H9NO6S. The number of thioether (sulfide) groups is 1. The van der Waals surface area contributed by atoms with Gasteiger partial charge in [0.2, 0.25) is 0 Å². The molecule has 0 saturated heterocycles. The first-order chi connectivity index (χ1) is 8.45. The third kappa shape index (κ3) is 3.45. The van der Waals surface area contributed by atoms with E-state index in [-0.39, 0.29) is 21.9 Å². The van der Waals surface area contributed by atoms with Crippen LogP contribution in [-0.4, -0.2) is 34.8 Å². The van der Waals surface area contributed by atoms with Crippen LogP contribution in [0.25, 0.3) is 0 Å². The third-order valence-corrected chi connectivity index (χ3v) is 3.02. The molecule has 0 fully saturated rings. The molecule has 8 heteroatoms. The van der Waals surface area contributed by atoms with E-state index >= 15 is 0 Å². The van der Waals surface area contributed by atoms with Gasteiger partial charge in [0.15, 0.2) is 0 Å². The van der Waals surface area contributed by atoms with Crippen LogP contribution in [0.2, 0.25) is 0 Å². The van der Waals surface area contributed by atoms with E-state index in [1.165, 1.54) is 19.2 Å². The van der Waals surface area contributed by atoms with Crippen LogP contribution in [0.5, 0.6) is 0 Å². The van der Waals surface area contributed by atoms with Gasteiger partial charge in [0.05, 0.1) is 23.3 Å². The molecule has 0 saturated carbocycles. The lowest BCUT2D eigenvalue weighted by atomic mass is 10.2. The minimum atomic E-state index is -1.29. The number of esters is 1. The average molecular weight is 271 g/mol. The van der Waals surface area contributed by atoms with Gasteiger partial charge in [-0.25, -0.2) is 4.79 Å².